The van der Waals surface area contributed by atoms with E-state index in [1.807, 2.05) is 0 Å². The zero-order valence-corrected chi connectivity index (χ0v) is 9.27. The van der Waals surface area contributed by atoms with Crippen LogP contribution in [0.5, 0.6) is 0 Å². The lowest BCUT2D eigenvalue weighted by atomic mass is 13.0. The second-order valence-corrected chi connectivity index (χ2v) is 10.8. The van der Waals surface area contributed by atoms with Crippen LogP contribution in [0.15, 0.2) is 0 Å². The van der Waals surface area contributed by atoms with Crippen LogP contribution in [0.4, 0.5) is 0 Å². The van der Waals surface area contributed by atoms with Gasteiger partial charge in [0.1, 0.15) is 15.2 Å². The largest absolute Gasteiger partial charge is 0.313 e. The predicted octanol–water partition coefficient (Wildman–Crippen LogP) is -0.906. The molecule has 0 saturated heterocycles. The summed E-state index contributed by atoms with van der Waals surface area (Å²) < 4.78 is 18.1. The fourth-order valence-electron chi connectivity index (χ4n) is 0.119. The molecule has 4 nitrogen and oxygen atoms in total. The summed E-state index contributed by atoms with van der Waals surface area (Å²) in [6, 6.07) is 0. The van der Waals surface area contributed by atoms with Crippen LogP contribution in [0.25, 0.3) is 0 Å². The third kappa shape index (κ3) is 3.71. The first-order chi connectivity index (χ1) is 4.15. The molecule has 0 aliphatic carbocycles. The van der Waals surface area contributed by atoms with Gasteiger partial charge in [-0.05, 0) is 44.8 Å². The van der Waals surface area contributed by atoms with Gasteiger partial charge in [0.15, 0.2) is 0 Å². The smallest absolute Gasteiger partial charge is 0.105 e. The molecule has 0 radical (unpaired) electrons. The van der Waals surface area contributed by atoms with Crippen LogP contribution in [-0.4, -0.2) is 12.9 Å². The Bertz CT molecular complexity index is 263. The molecular weight excluding hydrogens is 252 g/mol. The van der Waals surface area contributed by atoms with Crippen molar-refractivity contribution in [2.45, 2.75) is 0 Å². The quantitative estimate of drug-likeness (QED) is 0.433. The van der Waals surface area contributed by atoms with E-state index in [1.165, 1.54) is 0 Å². The highest BCUT2D eigenvalue weighted by atomic mass is 33.2. The van der Waals surface area contributed by atoms with E-state index in [1.54, 1.807) is 0 Å². The molecule has 0 rings (SSSR count). The maximum Gasteiger partial charge on any atom is 0.105 e. The number of hydrogen-bond donors (Lipinski definition) is 3. The van der Waals surface area contributed by atoms with Gasteiger partial charge in [-0.25, -0.2) is 5.84 Å². The van der Waals surface area contributed by atoms with E-state index in [0.29, 0.717) is 3.82 Å². The Hall–Kier alpha value is 1.42. The van der Waals surface area contributed by atoms with Crippen molar-refractivity contribution in [1.29, 1.82) is 0 Å². The lowest BCUT2D eigenvalue weighted by molar-refractivity contribution is 0.560. The van der Waals surface area contributed by atoms with E-state index in [-0.39, 0.29) is 0 Å². The van der Waals surface area contributed by atoms with Gasteiger partial charge in [-0.2, -0.15) is 0 Å². The van der Waals surface area contributed by atoms with Gasteiger partial charge in [-0.3, -0.25) is 0 Å². The van der Waals surface area contributed by atoms with Gasteiger partial charge in [0, 0.05) is 0 Å². The molecule has 0 aliphatic heterocycles. The Kier molecular flexibility index (Phi) is 3.92. The van der Waals surface area contributed by atoms with Crippen molar-refractivity contribution in [1.82, 2.24) is 3.82 Å². The van der Waals surface area contributed by atoms with Crippen molar-refractivity contribution in [2.75, 3.05) is 0 Å². The summed E-state index contributed by atoms with van der Waals surface area (Å²) in [7, 11) is -6.01. The van der Waals surface area contributed by atoms with Crippen molar-refractivity contribution < 1.29 is 9.11 Å². The number of nitrogens with two attached hydrogens (primary N) is 1. The molecule has 0 amide bonds. The molecule has 0 bridgehead atoms. The lowest BCUT2D eigenvalue weighted by Crippen LogP contribution is -2.39. The maximum absolute atomic E-state index is 8.86. The minimum absolute atomic E-state index is 0.412. The van der Waals surface area contributed by atoms with E-state index in [0.717, 1.165) is 0 Å². The van der Waals surface area contributed by atoms with Gasteiger partial charge in [-0.15, -0.1) is 0 Å². The first-order valence-corrected chi connectivity index (χ1v) is 8.45. The first-order valence-electron chi connectivity index (χ1n) is 1.66. The Morgan fingerprint density at radius 1 is 1.00 bits per heavy atom. The molecule has 0 aromatic carbocycles. The highest BCUT2D eigenvalue weighted by Gasteiger charge is 2.12. The number of hydrazine groups is 1. The summed E-state index contributed by atoms with van der Waals surface area (Å²) in [5, 5.41) is 0. The average Bonchev–Trinajstić information content (AvgIpc) is 1.59. The summed E-state index contributed by atoms with van der Waals surface area (Å²) in [5.74, 6) is 5.02. The van der Waals surface area contributed by atoms with E-state index in [4.69, 9.17) is 14.9 Å². The highest BCUT2D eigenvalue weighted by Crippen LogP contribution is 1.97. The zero-order valence-electron chi connectivity index (χ0n) is 4.37. The van der Waals surface area contributed by atoms with E-state index >= 15 is 0 Å². The number of hydrogen-bond acceptors (Lipinski definition) is 5. The second-order valence-electron chi connectivity index (χ2n) is 1.18. The zero-order chi connectivity index (χ0) is 8.58. The minimum atomic E-state index is -3.00. The van der Waals surface area contributed by atoms with Crippen molar-refractivity contribution in [2.24, 2.45) is 5.84 Å². The monoisotopic (exact) mass is 256 g/mol. The van der Waals surface area contributed by atoms with Crippen molar-refractivity contribution in [3.05, 3.63) is 0 Å². The molecule has 0 fully saturated rings. The third-order valence-corrected chi connectivity index (χ3v) is 5.72. The summed E-state index contributed by atoms with van der Waals surface area (Å²) in [4.78, 5) is 0. The van der Waals surface area contributed by atoms with Crippen molar-refractivity contribution in [3.63, 3.8) is 0 Å². The standard InChI is InChI=1S/H4N2O2S6/c1-2(9(3,5)6)10(4,7)8/h1H2,(H,3,5,6)(H,4,7,8). The average molecular weight is 256 g/mol. The fourth-order valence-corrected chi connectivity index (χ4v) is 5.63. The molecule has 0 unspecified atom stereocenters. The molecule has 10 heavy (non-hydrogen) atoms. The van der Waals surface area contributed by atoms with Crippen LogP contribution in [0.2, 0.25) is 0 Å². The molecule has 0 heterocycles. The molecule has 0 aliphatic rings. The predicted molar refractivity (Wildman–Crippen MR) is 55.5 cm³/mol. The Labute approximate surface area is 78.3 Å². The van der Waals surface area contributed by atoms with Gasteiger partial charge in [0.25, 0.3) is 0 Å². The first kappa shape index (κ1) is 11.4. The summed E-state index contributed by atoms with van der Waals surface area (Å²) in [6.45, 7) is 0. The van der Waals surface area contributed by atoms with Crippen molar-refractivity contribution in [3.8, 4) is 0 Å². The van der Waals surface area contributed by atoms with Gasteiger partial charge in [0.2, 0.25) is 0 Å². The molecule has 62 valence electrons. The summed E-state index contributed by atoms with van der Waals surface area (Å²) in [6.07, 6.45) is 0. The molecule has 4 N–H and O–H groups in total. The van der Waals surface area contributed by atoms with Crippen LogP contribution in [-0.2, 0) is 60.0 Å². The number of rotatable bonds is 2. The van der Waals surface area contributed by atoms with Gasteiger partial charge < -0.3 is 9.11 Å². The van der Waals surface area contributed by atoms with Crippen LogP contribution < -0.4 is 5.84 Å². The van der Waals surface area contributed by atoms with E-state index in [2.05, 4.69) is 44.8 Å². The van der Waals surface area contributed by atoms with Crippen molar-refractivity contribution >= 4 is 60.0 Å². The molecule has 0 aromatic rings. The van der Waals surface area contributed by atoms with Gasteiger partial charge >= 0.3 is 0 Å². The third-order valence-electron chi connectivity index (χ3n) is 0.455. The van der Waals surface area contributed by atoms with E-state index in [9.17, 15) is 0 Å². The topological polar surface area (TPSA) is 69.7 Å². The second kappa shape index (κ2) is 3.43. The molecule has 0 atom stereocenters. The van der Waals surface area contributed by atoms with Gasteiger partial charge in [0.05, 0.1) is 0 Å². The fraction of sp³-hybridized carbons (Fsp3) is 0. The van der Waals surface area contributed by atoms with Crippen LogP contribution >= 0.6 is 0 Å². The Morgan fingerprint density at radius 3 is 1.20 bits per heavy atom. The lowest BCUT2D eigenvalue weighted by Gasteiger charge is -2.17. The molecule has 0 saturated carbocycles. The molecular formula is H4N2O2S6. The van der Waals surface area contributed by atoms with Crippen LogP contribution in [0, 0.1) is 0 Å². The normalized spacial score (nSPS) is 14.0. The minimum Gasteiger partial charge on any atom is -0.313 e. The Morgan fingerprint density at radius 2 is 1.20 bits per heavy atom. The molecule has 10 heteroatoms. The highest BCUT2D eigenvalue weighted by molar-refractivity contribution is 8.61. The van der Waals surface area contributed by atoms with Gasteiger partial charge in [-0.1, -0.05) is 3.82 Å². The molecule has 0 spiro atoms. The number of nitrogens with zero attached hydrogens (tertiary/aromatic N) is 1. The van der Waals surface area contributed by atoms with Crippen LogP contribution in [0.3, 0.4) is 0 Å². The summed E-state index contributed by atoms with van der Waals surface area (Å²) in [5.41, 5.74) is 0. The molecule has 0 aromatic heterocycles. The van der Waals surface area contributed by atoms with E-state index < -0.39 is 15.2 Å². The summed E-state index contributed by atoms with van der Waals surface area (Å²) >= 11 is 17.4. The Balaban J connectivity index is 4.94. The van der Waals surface area contributed by atoms with Crippen LogP contribution in [0.1, 0.15) is 0 Å². The SMILES string of the molecule is NN(S(O)(=S)=S)S(O)(=S)=S. The maximum atomic E-state index is 8.86.